The molecule has 0 saturated heterocycles. The van der Waals surface area contributed by atoms with Crippen LogP contribution in [0.25, 0.3) is 0 Å². The number of rotatable bonds is 6. The molecule has 4 rings (SSSR count). The van der Waals surface area contributed by atoms with Gasteiger partial charge >= 0.3 is 179 Å². The molecule has 1 aliphatic rings. The van der Waals surface area contributed by atoms with Gasteiger partial charge in [0, 0.05) is 0 Å². The van der Waals surface area contributed by atoms with Crippen molar-refractivity contribution >= 4 is 47.3 Å². The van der Waals surface area contributed by atoms with Crippen molar-refractivity contribution in [3.05, 3.63) is 103 Å². The summed E-state index contributed by atoms with van der Waals surface area (Å²) >= 11 is -4.24. The molecule has 0 bridgehead atoms. The molecule has 0 spiro atoms. The molecule has 0 fully saturated rings. The quantitative estimate of drug-likeness (QED) is 0.373. The summed E-state index contributed by atoms with van der Waals surface area (Å²) in [6, 6.07) is 29.2. The molecule has 0 aromatic heterocycles. The van der Waals surface area contributed by atoms with E-state index in [1.54, 1.807) is 0 Å². The van der Waals surface area contributed by atoms with Gasteiger partial charge in [0.1, 0.15) is 0 Å². The van der Waals surface area contributed by atoms with E-state index < -0.39 is 43.1 Å². The summed E-state index contributed by atoms with van der Waals surface area (Å²) in [6.07, 6.45) is 2.33. The second-order valence-corrected chi connectivity index (χ2v) is 16.3. The van der Waals surface area contributed by atoms with Crippen LogP contribution in [0.1, 0.15) is 0 Å². The van der Waals surface area contributed by atoms with E-state index in [4.69, 9.17) is 3.07 Å². The molecule has 3 aromatic rings. The zero-order valence-corrected chi connectivity index (χ0v) is 19.0. The molecule has 0 aliphatic carbocycles. The summed E-state index contributed by atoms with van der Waals surface area (Å²) < 4.78 is 9.25. The average Bonchev–Trinajstić information content (AvgIpc) is 3.11. The number of nitrogens with zero attached hydrogens (tertiary/aromatic N) is 1. The van der Waals surface area contributed by atoms with E-state index in [-0.39, 0.29) is 0 Å². The molecule has 0 saturated carbocycles. The monoisotopic (exact) mass is 505 g/mol. The van der Waals surface area contributed by atoms with Gasteiger partial charge in [-0.25, -0.2) is 0 Å². The Kier molecular flexibility index (Phi) is 5.81. The van der Waals surface area contributed by atoms with Crippen molar-refractivity contribution in [2.45, 2.75) is 0 Å². The molecule has 2 amide bonds. The molecule has 1 aliphatic heterocycles. The minimum atomic E-state index is -4.24. The predicted octanol–water partition coefficient (Wildman–Crippen LogP) is 1.12. The molecular formula is C24H19NO4Sn. The third-order valence-electron chi connectivity index (χ3n) is 5.00. The van der Waals surface area contributed by atoms with Gasteiger partial charge in [-0.05, 0) is 0 Å². The molecule has 0 N–H and O–H groups in total. The third-order valence-corrected chi connectivity index (χ3v) is 16.3. The second-order valence-electron chi connectivity index (χ2n) is 6.85. The number of hydrogen-bond donors (Lipinski definition) is 0. The van der Waals surface area contributed by atoms with E-state index in [1.807, 2.05) is 91.0 Å². The maximum atomic E-state index is 13.1. The molecule has 0 unspecified atom stereocenters. The van der Waals surface area contributed by atoms with Gasteiger partial charge in [0.15, 0.2) is 0 Å². The summed E-state index contributed by atoms with van der Waals surface area (Å²) in [4.78, 5) is 37.8. The predicted molar refractivity (Wildman–Crippen MR) is 116 cm³/mol. The van der Waals surface area contributed by atoms with Crippen molar-refractivity contribution in [3.8, 4) is 0 Å². The van der Waals surface area contributed by atoms with Crippen LogP contribution >= 0.6 is 0 Å². The SMILES string of the molecule is O=C(CN1C(=O)C=CC1=O)[O][Sn]([c]1ccccc1)([c]1ccccc1)[c]1ccccc1. The first kappa shape index (κ1) is 20.1. The van der Waals surface area contributed by atoms with Gasteiger partial charge in [0.05, 0.1) is 0 Å². The summed E-state index contributed by atoms with van der Waals surface area (Å²) in [5.41, 5.74) is 0. The van der Waals surface area contributed by atoms with Crippen molar-refractivity contribution in [2.75, 3.05) is 6.54 Å². The van der Waals surface area contributed by atoms with E-state index >= 15 is 0 Å². The Bertz CT molecular complexity index is 983. The topological polar surface area (TPSA) is 63.7 Å². The number of carbonyl (C=O) groups excluding carboxylic acids is 3. The van der Waals surface area contributed by atoms with Crippen LogP contribution in [0.2, 0.25) is 0 Å². The maximum absolute atomic E-state index is 13.1. The summed E-state index contributed by atoms with van der Waals surface area (Å²) in [5.74, 6) is -1.60. The van der Waals surface area contributed by atoms with Crippen LogP contribution in [0.3, 0.4) is 0 Å². The minimum absolute atomic E-state index is 0.407. The molecule has 6 heteroatoms. The fourth-order valence-electron chi connectivity index (χ4n) is 3.61. The Hall–Kier alpha value is -3.19. The first-order valence-corrected chi connectivity index (χ1v) is 15.0. The Morgan fingerprint density at radius 3 is 1.40 bits per heavy atom. The van der Waals surface area contributed by atoms with Gasteiger partial charge in [-0.3, -0.25) is 0 Å². The number of imide groups is 1. The van der Waals surface area contributed by atoms with Crippen LogP contribution in [0.4, 0.5) is 0 Å². The number of amides is 2. The van der Waals surface area contributed by atoms with Crippen LogP contribution in [0.5, 0.6) is 0 Å². The zero-order valence-electron chi connectivity index (χ0n) is 16.1. The van der Waals surface area contributed by atoms with Gasteiger partial charge in [-0.2, -0.15) is 0 Å². The molecule has 0 atom stereocenters. The van der Waals surface area contributed by atoms with Crippen molar-refractivity contribution in [3.63, 3.8) is 0 Å². The van der Waals surface area contributed by atoms with Gasteiger partial charge < -0.3 is 0 Å². The number of hydrogen-bond acceptors (Lipinski definition) is 4. The van der Waals surface area contributed by atoms with E-state index in [1.165, 1.54) is 0 Å². The van der Waals surface area contributed by atoms with Gasteiger partial charge in [-0.1, -0.05) is 0 Å². The van der Waals surface area contributed by atoms with Crippen LogP contribution in [-0.2, 0) is 17.5 Å². The average molecular weight is 504 g/mol. The molecule has 30 heavy (non-hydrogen) atoms. The molecular weight excluding hydrogens is 485 g/mol. The number of benzene rings is 3. The first-order valence-electron chi connectivity index (χ1n) is 9.53. The van der Waals surface area contributed by atoms with Crippen LogP contribution in [0.15, 0.2) is 103 Å². The standard InChI is InChI=1S/C6H5NO4.3C6H5.Sn/c8-4-1-2-5(9)7(4)3-6(10)11;3*1-2-4-6-5-3-1;/h1-2H,3H2,(H,10,11);3*1-5H;/q;;;;+1/p-1. The first-order chi connectivity index (χ1) is 14.6. The zero-order chi connectivity index (χ0) is 21.0. The van der Waals surface area contributed by atoms with Gasteiger partial charge in [0.2, 0.25) is 0 Å². The van der Waals surface area contributed by atoms with Crippen LogP contribution in [0, 0.1) is 0 Å². The van der Waals surface area contributed by atoms with Crippen molar-refractivity contribution < 1.29 is 17.5 Å². The summed E-state index contributed by atoms with van der Waals surface area (Å²) in [7, 11) is 0. The number of carbonyl (C=O) groups is 3. The molecule has 1 heterocycles. The molecule has 5 nitrogen and oxygen atoms in total. The second kappa shape index (κ2) is 8.67. The van der Waals surface area contributed by atoms with Crippen LogP contribution < -0.4 is 10.7 Å². The van der Waals surface area contributed by atoms with Gasteiger partial charge in [0.25, 0.3) is 0 Å². The van der Waals surface area contributed by atoms with Crippen molar-refractivity contribution in [1.29, 1.82) is 0 Å². The molecule has 3 aromatic carbocycles. The van der Waals surface area contributed by atoms with E-state index in [0.717, 1.165) is 27.8 Å². The van der Waals surface area contributed by atoms with Crippen LogP contribution in [-0.4, -0.2) is 48.0 Å². The molecule has 0 radical (unpaired) electrons. The normalized spacial score (nSPS) is 13.5. The molecule has 148 valence electrons. The Morgan fingerprint density at radius 2 is 1.03 bits per heavy atom. The van der Waals surface area contributed by atoms with Crippen molar-refractivity contribution in [2.24, 2.45) is 0 Å². The third kappa shape index (κ3) is 3.80. The Labute approximate surface area is 179 Å². The fraction of sp³-hybridized carbons (Fsp3) is 0.0417. The fourth-order valence-corrected chi connectivity index (χ4v) is 14.3. The van der Waals surface area contributed by atoms with E-state index in [2.05, 4.69) is 0 Å². The van der Waals surface area contributed by atoms with E-state index in [9.17, 15) is 14.4 Å². The summed E-state index contributed by atoms with van der Waals surface area (Å²) in [5, 5.41) is 0. The van der Waals surface area contributed by atoms with Crippen molar-refractivity contribution in [1.82, 2.24) is 4.90 Å². The van der Waals surface area contributed by atoms with E-state index in [0.29, 0.717) is 0 Å². The Balaban J connectivity index is 1.82. The Morgan fingerprint density at radius 1 is 0.667 bits per heavy atom. The van der Waals surface area contributed by atoms with Gasteiger partial charge in [-0.15, -0.1) is 0 Å². The summed E-state index contributed by atoms with van der Waals surface area (Å²) in [6.45, 7) is -0.407.